The lowest BCUT2D eigenvalue weighted by Gasteiger charge is -2.04. The van der Waals surface area contributed by atoms with Crippen LogP contribution in [0.3, 0.4) is 0 Å². The second kappa shape index (κ2) is 6.78. The number of ether oxygens (including phenoxy) is 1. The van der Waals surface area contributed by atoms with Crippen LogP contribution in [0.25, 0.3) is 5.76 Å². The van der Waals surface area contributed by atoms with E-state index in [0.717, 1.165) is 17.4 Å². The van der Waals surface area contributed by atoms with Gasteiger partial charge >= 0.3 is 0 Å². The highest BCUT2D eigenvalue weighted by molar-refractivity contribution is 6.05. The highest BCUT2D eigenvalue weighted by atomic mass is 16.5. The Labute approximate surface area is 136 Å². The van der Waals surface area contributed by atoms with Crippen molar-refractivity contribution in [3.63, 3.8) is 0 Å². The number of hydrogen-bond donors (Lipinski definition) is 2. The van der Waals surface area contributed by atoms with E-state index in [0.29, 0.717) is 17.7 Å². The van der Waals surface area contributed by atoms with Crippen LogP contribution < -0.4 is 4.74 Å². The van der Waals surface area contributed by atoms with Gasteiger partial charge in [0, 0.05) is 12.5 Å². The molecule has 0 fully saturated rings. The fourth-order valence-corrected chi connectivity index (χ4v) is 2.17. The fourth-order valence-electron chi connectivity index (χ4n) is 2.17. The molecule has 0 aliphatic carbocycles. The minimum absolute atomic E-state index is 0.123. The van der Waals surface area contributed by atoms with Gasteiger partial charge < -0.3 is 14.3 Å². The summed E-state index contributed by atoms with van der Waals surface area (Å²) in [5.74, 6) is 0.392. The summed E-state index contributed by atoms with van der Waals surface area (Å²) in [7, 11) is 1.60. The first-order chi connectivity index (χ1) is 11.7. The van der Waals surface area contributed by atoms with Gasteiger partial charge in [-0.2, -0.15) is 5.21 Å². The predicted octanol–water partition coefficient (Wildman–Crippen LogP) is 2.17. The average molecular weight is 326 g/mol. The molecule has 2 heterocycles. The topological polar surface area (TPSA) is 114 Å². The molecular weight excluding hydrogens is 312 g/mol. The minimum Gasteiger partial charge on any atom is -0.507 e. The molecule has 3 aromatic rings. The molecule has 0 bridgehead atoms. The summed E-state index contributed by atoms with van der Waals surface area (Å²) in [6.07, 6.45) is 2.95. The van der Waals surface area contributed by atoms with E-state index in [1.807, 2.05) is 24.3 Å². The highest BCUT2D eigenvalue weighted by Gasteiger charge is 2.15. The number of nitrogens with zero attached hydrogens (tertiary/aromatic N) is 3. The number of carbonyl (C=O) groups is 1. The van der Waals surface area contributed by atoms with Crippen molar-refractivity contribution in [2.75, 3.05) is 7.11 Å². The Morgan fingerprint density at radius 3 is 2.79 bits per heavy atom. The number of hydrogen-bond acceptors (Lipinski definition) is 7. The molecule has 0 saturated carbocycles. The zero-order valence-corrected chi connectivity index (χ0v) is 12.8. The Kier molecular flexibility index (Phi) is 4.37. The Hall–Kier alpha value is -3.42. The molecule has 0 amide bonds. The maximum atomic E-state index is 11.9. The molecule has 0 spiro atoms. The second-order valence-electron chi connectivity index (χ2n) is 4.91. The predicted molar refractivity (Wildman–Crippen MR) is 83.6 cm³/mol. The smallest absolute Gasteiger partial charge is 0.244 e. The van der Waals surface area contributed by atoms with Crippen molar-refractivity contribution in [2.45, 2.75) is 6.42 Å². The number of allylic oxidation sites excluding steroid dienone is 1. The number of methoxy groups -OCH3 is 1. The van der Waals surface area contributed by atoms with Gasteiger partial charge in [-0.05, 0) is 29.0 Å². The monoisotopic (exact) mass is 326 g/mol. The molecule has 24 heavy (non-hydrogen) atoms. The summed E-state index contributed by atoms with van der Waals surface area (Å²) >= 11 is 0. The van der Waals surface area contributed by atoms with E-state index in [9.17, 15) is 9.90 Å². The van der Waals surface area contributed by atoms with E-state index in [1.165, 1.54) is 6.26 Å². The number of aliphatic hydroxyl groups excluding tert-OH is 1. The van der Waals surface area contributed by atoms with Crippen LogP contribution in [0.4, 0.5) is 0 Å². The molecule has 2 N–H and O–H groups in total. The third-order valence-corrected chi connectivity index (χ3v) is 3.38. The zero-order chi connectivity index (χ0) is 16.9. The Bertz CT molecular complexity index is 851. The Morgan fingerprint density at radius 2 is 2.12 bits per heavy atom. The van der Waals surface area contributed by atoms with E-state index in [1.54, 1.807) is 13.2 Å². The Balaban J connectivity index is 1.80. The van der Waals surface area contributed by atoms with Crippen molar-refractivity contribution in [1.29, 1.82) is 0 Å². The van der Waals surface area contributed by atoms with Gasteiger partial charge in [-0.3, -0.25) is 4.79 Å². The van der Waals surface area contributed by atoms with Crippen molar-refractivity contribution in [2.24, 2.45) is 0 Å². The number of H-pyrrole nitrogens is 1. The van der Waals surface area contributed by atoms with E-state index in [-0.39, 0.29) is 11.6 Å². The maximum Gasteiger partial charge on any atom is 0.244 e. The first-order valence-electron chi connectivity index (χ1n) is 7.05. The largest absolute Gasteiger partial charge is 0.507 e. The molecule has 0 saturated heterocycles. The van der Waals surface area contributed by atoms with Gasteiger partial charge in [0.25, 0.3) is 0 Å². The van der Waals surface area contributed by atoms with Gasteiger partial charge in [0.1, 0.15) is 17.3 Å². The molecular formula is C16H14N4O4. The minimum atomic E-state index is -0.558. The van der Waals surface area contributed by atoms with Gasteiger partial charge in [-0.1, -0.05) is 12.1 Å². The third-order valence-electron chi connectivity index (χ3n) is 3.38. The summed E-state index contributed by atoms with van der Waals surface area (Å²) < 4.78 is 10.5. The number of aromatic nitrogens is 4. The molecule has 0 unspecified atom stereocenters. The summed E-state index contributed by atoms with van der Waals surface area (Å²) in [5.41, 5.74) is 1.41. The molecule has 8 nitrogen and oxygen atoms in total. The van der Waals surface area contributed by atoms with Crippen LogP contribution in [0, 0.1) is 0 Å². The molecule has 0 aliphatic rings. The van der Waals surface area contributed by atoms with E-state index < -0.39 is 5.78 Å². The highest BCUT2D eigenvalue weighted by Crippen LogP contribution is 2.23. The number of furan rings is 1. The molecule has 122 valence electrons. The van der Waals surface area contributed by atoms with Crippen LogP contribution in [0.5, 0.6) is 5.75 Å². The number of nitrogens with one attached hydrogen (secondary N) is 1. The van der Waals surface area contributed by atoms with Crippen LogP contribution >= 0.6 is 0 Å². The van der Waals surface area contributed by atoms with Gasteiger partial charge in [0.15, 0.2) is 0 Å². The SMILES string of the molecule is COc1ccc(Cc2occc2C(O)=CC(=O)c2nn[nH]n2)cc1. The Morgan fingerprint density at radius 1 is 1.33 bits per heavy atom. The van der Waals surface area contributed by atoms with Crippen LogP contribution in [-0.2, 0) is 6.42 Å². The van der Waals surface area contributed by atoms with Gasteiger partial charge in [-0.25, -0.2) is 0 Å². The molecule has 0 radical (unpaired) electrons. The number of ketones is 1. The van der Waals surface area contributed by atoms with Crippen LogP contribution in [0.15, 0.2) is 47.1 Å². The molecule has 1 aromatic carbocycles. The number of benzene rings is 1. The second-order valence-corrected chi connectivity index (χ2v) is 4.91. The first-order valence-corrected chi connectivity index (χ1v) is 7.05. The average Bonchev–Trinajstić information content (AvgIpc) is 3.27. The summed E-state index contributed by atoms with van der Waals surface area (Å²) in [5, 5.41) is 22.8. The van der Waals surface area contributed by atoms with Crippen LogP contribution in [0.2, 0.25) is 0 Å². The zero-order valence-electron chi connectivity index (χ0n) is 12.8. The number of aliphatic hydroxyl groups is 1. The van der Waals surface area contributed by atoms with Gasteiger partial charge in [0.05, 0.1) is 18.9 Å². The van der Waals surface area contributed by atoms with Crippen molar-refractivity contribution in [3.8, 4) is 5.75 Å². The van der Waals surface area contributed by atoms with Gasteiger partial charge in [0.2, 0.25) is 11.6 Å². The molecule has 0 atom stereocenters. The number of tetrazole rings is 1. The standard InChI is InChI=1S/C16H14N4O4/c1-23-11-4-2-10(3-5-11)8-15-12(6-7-24-15)13(21)9-14(22)16-17-19-20-18-16/h2-7,9,21H,8H2,1H3,(H,17,18,19,20). The van der Waals surface area contributed by atoms with Crippen molar-refractivity contribution in [1.82, 2.24) is 20.6 Å². The first kappa shape index (κ1) is 15.5. The lowest BCUT2D eigenvalue weighted by atomic mass is 10.1. The number of carbonyl (C=O) groups excluding carboxylic acids is 1. The third kappa shape index (κ3) is 3.32. The molecule has 8 heteroatoms. The van der Waals surface area contributed by atoms with E-state index in [2.05, 4.69) is 20.6 Å². The quantitative estimate of drug-likeness (QED) is 0.405. The molecule has 2 aromatic heterocycles. The van der Waals surface area contributed by atoms with E-state index >= 15 is 0 Å². The normalized spacial score (nSPS) is 11.5. The number of aromatic amines is 1. The molecule has 3 rings (SSSR count). The van der Waals surface area contributed by atoms with Crippen molar-refractivity contribution >= 4 is 11.5 Å². The van der Waals surface area contributed by atoms with Crippen molar-refractivity contribution < 1.29 is 19.1 Å². The summed E-state index contributed by atoms with van der Waals surface area (Å²) in [4.78, 5) is 11.9. The maximum absolute atomic E-state index is 11.9. The molecule has 0 aliphatic heterocycles. The van der Waals surface area contributed by atoms with Crippen molar-refractivity contribution in [3.05, 3.63) is 65.4 Å². The van der Waals surface area contributed by atoms with Gasteiger partial charge in [-0.15, -0.1) is 10.2 Å². The number of rotatable bonds is 6. The van der Waals surface area contributed by atoms with Crippen LogP contribution in [-0.4, -0.2) is 38.6 Å². The summed E-state index contributed by atoms with van der Waals surface area (Å²) in [6.45, 7) is 0. The lowest BCUT2D eigenvalue weighted by Crippen LogP contribution is -2.00. The van der Waals surface area contributed by atoms with E-state index in [4.69, 9.17) is 9.15 Å². The summed E-state index contributed by atoms with van der Waals surface area (Å²) in [6, 6.07) is 9.07. The lowest BCUT2D eigenvalue weighted by molar-refractivity contribution is 0.103. The van der Waals surface area contributed by atoms with Crippen LogP contribution in [0.1, 0.15) is 27.5 Å². The fraction of sp³-hybridized carbons (Fsp3) is 0.125.